The van der Waals surface area contributed by atoms with Crippen LogP contribution in [-0.4, -0.2) is 9.78 Å². The van der Waals surface area contributed by atoms with E-state index in [-0.39, 0.29) is 5.56 Å². The van der Waals surface area contributed by atoms with E-state index in [2.05, 4.69) is 21.0 Å². The van der Waals surface area contributed by atoms with Crippen LogP contribution in [-0.2, 0) is 0 Å². The smallest absolute Gasteiger partial charge is 0.271 e. The summed E-state index contributed by atoms with van der Waals surface area (Å²) in [6.45, 7) is 0. The van der Waals surface area contributed by atoms with E-state index in [0.717, 1.165) is 10.2 Å². The monoisotopic (exact) mass is 238 g/mol. The number of para-hydroxylation sites is 1. The van der Waals surface area contributed by atoms with Crippen molar-refractivity contribution in [1.82, 2.24) is 9.78 Å². The van der Waals surface area contributed by atoms with Crippen molar-refractivity contribution in [2.75, 3.05) is 0 Å². The van der Waals surface area contributed by atoms with Crippen LogP contribution in [0.1, 0.15) is 0 Å². The van der Waals surface area contributed by atoms with Crippen molar-refractivity contribution < 1.29 is 0 Å². The Morgan fingerprint density at radius 2 is 2.00 bits per heavy atom. The van der Waals surface area contributed by atoms with Crippen molar-refractivity contribution in [2.24, 2.45) is 0 Å². The molecule has 13 heavy (non-hydrogen) atoms. The number of hydrogen-bond acceptors (Lipinski definition) is 1. The Labute approximate surface area is 83.1 Å². The van der Waals surface area contributed by atoms with Crippen LogP contribution in [0.3, 0.4) is 0 Å². The van der Waals surface area contributed by atoms with Gasteiger partial charge >= 0.3 is 0 Å². The van der Waals surface area contributed by atoms with Crippen molar-refractivity contribution in [2.45, 2.75) is 0 Å². The summed E-state index contributed by atoms with van der Waals surface area (Å²) < 4.78 is 2.36. The highest BCUT2D eigenvalue weighted by Gasteiger charge is 2.02. The maximum Gasteiger partial charge on any atom is 0.271 e. The average molecular weight is 239 g/mol. The van der Waals surface area contributed by atoms with E-state index in [1.165, 1.54) is 10.7 Å². The quantitative estimate of drug-likeness (QED) is 0.811. The molecule has 0 aliphatic rings. The van der Waals surface area contributed by atoms with Gasteiger partial charge < -0.3 is 0 Å². The van der Waals surface area contributed by atoms with Crippen molar-refractivity contribution >= 4 is 15.9 Å². The maximum atomic E-state index is 11.3. The maximum absolute atomic E-state index is 11.3. The number of halogens is 1. The Bertz CT molecular complexity index is 472. The lowest BCUT2D eigenvalue weighted by Crippen LogP contribution is -2.13. The fourth-order valence-corrected chi connectivity index (χ4v) is 1.60. The van der Waals surface area contributed by atoms with Crippen LogP contribution in [0.5, 0.6) is 0 Å². The normalized spacial score (nSPS) is 10.2. The molecule has 0 aliphatic heterocycles. The molecule has 66 valence electrons. The molecule has 1 aromatic heterocycles. The van der Waals surface area contributed by atoms with Crippen LogP contribution in [0.2, 0.25) is 0 Å². The minimum atomic E-state index is -0.0631. The zero-order chi connectivity index (χ0) is 9.26. The number of nitrogens with one attached hydrogen (secondary N) is 1. The standard InChI is InChI=1S/C9H7BrN2O/c10-7-3-1-2-4-8(7)12-9(13)5-6-11-12/h1-6,11H. The lowest BCUT2D eigenvalue weighted by atomic mass is 10.3. The number of benzene rings is 1. The van der Waals surface area contributed by atoms with Crippen LogP contribution in [0.25, 0.3) is 5.69 Å². The third-order valence-electron chi connectivity index (χ3n) is 1.74. The molecule has 3 nitrogen and oxygen atoms in total. The number of rotatable bonds is 1. The van der Waals surface area contributed by atoms with Gasteiger partial charge in [0, 0.05) is 16.7 Å². The van der Waals surface area contributed by atoms with E-state index < -0.39 is 0 Å². The van der Waals surface area contributed by atoms with E-state index in [1.807, 2.05) is 24.3 Å². The molecule has 0 fully saturated rings. The fourth-order valence-electron chi connectivity index (χ4n) is 1.14. The average Bonchev–Trinajstić information content (AvgIpc) is 2.52. The Hall–Kier alpha value is -1.29. The first-order valence-corrected chi connectivity index (χ1v) is 4.59. The molecule has 0 amide bonds. The van der Waals surface area contributed by atoms with Gasteiger partial charge in [-0.2, -0.15) is 0 Å². The minimum absolute atomic E-state index is 0.0631. The molecule has 0 radical (unpaired) electrons. The lowest BCUT2D eigenvalue weighted by molar-refractivity contribution is 0.845. The number of H-pyrrole nitrogens is 1. The summed E-state index contributed by atoms with van der Waals surface area (Å²) in [6.07, 6.45) is 1.61. The molecule has 0 aliphatic carbocycles. The molecule has 2 aromatic rings. The molecular weight excluding hydrogens is 232 g/mol. The summed E-state index contributed by atoms with van der Waals surface area (Å²) in [4.78, 5) is 11.3. The number of hydrogen-bond donors (Lipinski definition) is 1. The van der Waals surface area contributed by atoms with E-state index >= 15 is 0 Å². The highest BCUT2D eigenvalue weighted by Crippen LogP contribution is 2.17. The van der Waals surface area contributed by atoms with Gasteiger partial charge in [0.15, 0.2) is 0 Å². The molecule has 0 unspecified atom stereocenters. The molecule has 1 heterocycles. The Morgan fingerprint density at radius 1 is 1.23 bits per heavy atom. The predicted molar refractivity (Wildman–Crippen MR) is 54.1 cm³/mol. The third-order valence-corrected chi connectivity index (χ3v) is 2.41. The Morgan fingerprint density at radius 3 is 2.62 bits per heavy atom. The second kappa shape index (κ2) is 3.22. The first-order valence-electron chi connectivity index (χ1n) is 3.80. The topological polar surface area (TPSA) is 37.8 Å². The highest BCUT2D eigenvalue weighted by molar-refractivity contribution is 9.10. The molecule has 1 N–H and O–H groups in total. The van der Waals surface area contributed by atoms with Crippen LogP contribution in [0.4, 0.5) is 0 Å². The molecule has 0 bridgehead atoms. The SMILES string of the molecule is O=c1cc[nH]n1-c1ccccc1Br. The zero-order valence-corrected chi connectivity index (χ0v) is 8.28. The van der Waals surface area contributed by atoms with E-state index in [4.69, 9.17) is 0 Å². The van der Waals surface area contributed by atoms with Gasteiger partial charge in [-0.1, -0.05) is 12.1 Å². The van der Waals surface area contributed by atoms with Gasteiger partial charge in [0.1, 0.15) is 0 Å². The zero-order valence-electron chi connectivity index (χ0n) is 6.70. The van der Waals surface area contributed by atoms with Crippen LogP contribution < -0.4 is 5.56 Å². The van der Waals surface area contributed by atoms with Crippen molar-refractivity contribution in [3.05, 3.63) is 51.4 Å². The number of nitrogens with zero attached hydrogens (tertiary/aromatic N) is 1. The van der Waals surface area contributed by atoms with Crippen molar-refractivity contribution in [3.8, 4) is 5.69 Å². The fraction of sp³-hybridized carbons (Fsp3) is 0. The van der Waals surface area contributed by atoms with Crippen LogP contribution >= 0.6 is 15.9 Å². The molecular formula is C9H7BrN2O. The van der Waals surface area contributed by atoms with Gasteiger partial charge in [-0.05, 0) is 28.1 Å². The molecule has 0 saturated carbocycles. The first-order chi connectivity index (χ1) is 6.29. The lowest BCUT2D eigenvalue weighted by Gasteiger charge is -2.02. The summed E-state index contributed by atoms with van der Waals surface area (Å²) in [6, 6.07) is 9.03. The predicted octanol–water partition coefficient (Wildman–Crippen LogP) is 1.93. The van der Waals surface area contributed by atoms with Gasteiger partial charge in [-0.15, -0.1) is 0 Å². The second-order valence-electron chi connectivity index (χ2n) is 2.59. The van der Waals surface area contributed by atoms with E-state index in [9.17, 15) is 4.79 Å². The molecule has 4 heteroatoms. The molecule has 0 saturated heterocycles. The Balaban J connectivity index is 2.66. The summed E-state index contributed by atoms with van der Waals surface area (Å²) in [5, 5.41) is 2.84. The Kier molecular flexibility index (Phi) is 2.06. The van der Waals surface area contributed by atoms with Crippen LogP contribution in [0.15, 0.2) is 45.8 Å². The summed E-state index contributed by atoms with van der Waals surface area (Å²) >= 11 is 3.37. The van der Waals surface area contributed by atoms with Gasteiger partial charge in [0.25, 0.3) is 5.56 Å². The van der Waals surface area contributed by atoms with E-state index in [0.29, 0.717) is 0 Å². The minimum Gasteiger partial charge on any atom is -0.298 e. The van der Waals surface area contributed by atoms with Crippen LogP contribution in [0, 0.1) is 0 Å². The van der Waals surface area contributed by atoms with Gasteiger partial charge in [-0.3, -0.25) is 9.89 Å². The summed E-state index contributed by atoms with van der Waals surface area (Å²) in [7, 11) is 0. The first kappa shape index (κ1) is 8.31. The molecule has 0 spiro atoms. The highest BCUT2D eigenvalue weighted by atomic mass is 79.9. The number of aromatic nitrogens is 2. The molecule has 2 rings (SSSR count). The van der Waals surface area contributed by atoms with E-state index in [1.54, 1.807) is 6.20 Å². The van der Waals surface area contributed by atoms with Gasteiger partial charge in [0.05, 0.1) is 5.69 Å². The third kappa shape index (κ3) is 1.45. The van der Waals surface area contributed by atoms with Gasteiger partial charge in [0.2, 0.25) is 0 Å². The summed E-state index contributed by atoms with van der Waals surface area (Å²) in [5.74, 6) is 0. The van der Waals surface area contributed by atoms with Crippen molar-refractivity contribution in [3.63, 3.8) is 0 Å². The van der Waals surface area contributed by atoms with Crippen molar-refractivity contribution in [1.29, 1.82) is 0 Å². The van der Waals surface area contributed by atoms with Gasteiger partial charge in [-0.25, -0.2) is 4.68 Å². The number of aromatic amines is 1. The second-order valence-corrected chi connectivity index (χ2v) is 3.44. The largest absolute Gasteiger partial charge is 0.298 e. The summed E-state index contributed by atoms with van der Waals surface area (Å²) in [5.41, 5.74) is 0.754. The molecule has 0 atom stereocenters. The molecule has 1 aromatic carbocycles.